The van der Waals surface area contributed by atoms with Crippen molar-refractivity contribution in [2.45, 2.75) is 0 Å². The molecule has 2 aromatic rings. The lowest BCUT2D eigenvalue weighted by Crippen LogP contribution is -2.15. The third-order valence-corrected chi connectivity index (χ3v) is 2.52. The molecular weight excluding hydrogens is 278 g/mol. The topological polar surface area (TPSA) is 87.9 Å². The predicted octanol–water partition coefficient (Wildman–Crippen LogP) is 3.18. The van der Waals surface area contributed by atoms with Crippen LogP contribution in [-0.4, -0.2) is 18.2 Å². The molecule has 0 radical (unpaired) electrons. The minimum atomic E-state index is -1.09. The van der Waals surface area contributed by atoms with Gasteiger partial charge in [0.15, 0.2) is 11.5 Å². The van der Waals surface area contributed by atoms with Crippen molar-refractivity contribution in [2.24, 2.45) is 0 Å². The highest BCUT2D eigenvalue weighted by Gasteiger charge is 2.19. The van der Waals surface area contributed by atoms with Gasteiger partial charge >= 0.3 is 11.8 Å². The largest absolute Gasteiger partial charge is 0.519 e. The summed E-state index contributed by atoms with van der Waals surface area (Å²) < 4.78 is 14.8. The minimum absolute atomic E-state index is 0.156. The number of ether oxygens (including phenoxy) is 3. The third-order valence-electron chi connectivity index (χ3n) is 2.52. The van der Waals surface area contributed by atoms with Gasteiger partial charge in [-0.15, -0.1) is 0 Å². The van der Waals surface area contributed by atoms with Gasteiger partial charge in [-0.1, -0.05) is 24.3 Å². The Morgan fingerprint density at radius 1 is 0.952 bits per heavy atom. The van der Waals surface area contributed by atoms with Crippen LogP contribution in [0, 0.1) is 10.1 Å². The highest BCUT2D eigenvalue weighted by Crippen LogP contribution is 2.29. The summed E-state index contributed by atoms with van der Waals surface area (Å²) in [6, 6.07) is 12.0. The standard InChI is InChI=1S/C14H11NO6/c1-19-12-8-4-5-9-13(12)21-14(16)20-11-7-3-2-6-10(11)15(17)18/h2-9H,1H3. The molecule has 0 aromatic heterocycles. The SMILES string of the molecule is COc1ccccc1OC(=O)Oc1ccccc1[N+](=O)[O-]. The molecule has 0 unspecified atom stereocenters. The van der Waals surface area contributed by atoms with Crippen molar-refractivity contribution in [1.82, 2.24) is 0 Å². The van der Waals surface area contributed by atoms with Gasteiger partial charge in [-0.05, 0) is 18.2 Å². The number of carbonyl (C=O) groups is 1. The van der Waals surface area contributed by atoms with E-state index in [0.29, 0.717) is 5.75 Å². The summed E-state index contributed by atoms with van der Waals surface area (Å²) in [6.45, 7) is 0. The van der Waals surface area contributed by atoms with E-state index in [1.807, 2.05) is 0 Å². The number of carbonyl (C=O) groups excluding carboxylic acids is 1. The maximum Gasteiger partial charge on any atom is 0.519 e. The Balaban J connectivity index is 2.14. The van der Waals surface area contributed by atoms with Gasteiger partial charge in [0, 0.05) is 6.07 Å². The molecule has 0 fully saturated rings. The molecule has 0 saturated heterocycles. The maximum absolute atomic E-state index is 11.7. The van der Waals surface area contributed by atoms with Crippen molar-refractivity contribution in [2.75, 3.05) is 7.11 Å². The van der Waals surface area contributed by atoms with Crippen molar-refractivity contribution in [3.8, 4) is 17.2 Å². The first-order chi connectivity index (χ1) is 10.1. The smallest absolute Gasteiger partial charge is 0.493 e. The number of para-hydroxylation sites is 4. The molecule has 7 heteroatoms. The van der Waals surface area contributed by atoms with E-state index < -0.39 is 11.1 Å². The summed E-state index contributed by atoms with van der Waals surface area (Å²) in [7, 11) is 1.43. The second-order valence-electron chi connectivity index (χ2n) is 3.83. The van der Waals surface area contributed by atoms with Gasteiger partial charge in [0.25, 0.3) is 0 Å². The molecule has 0 aliphatic carbocycles. The third kappa shape index (κ3) is 3.47. The van der Waals surface area contributed by atoms with E-state index in [1.165, 1.54) is 37.4 Å². The van der Waals surface area contributed by atoms with Gasteiger partial charge in [-0.2, -0.15) is 0 Å². The predicted molar refractivity (Wildman–Crippen MR) is 72.7 cm³/mol. The zero-order valence-corrected chi connectivity index (χ0v) is 11.0. The Bertz CT molecular complexity index is 670. The van der Waals surface area contributed by atoms with Gasteiger partial charge in [0.2, 0.25) is 5.75 Å². The van der Waals surface area contributed by atoms with Crippen molar-refractivity contribution in [3.63, 3.8) is 0 Å². The maximum atomic E-state index is 11.7. The number of rotatable bonds is 4. The molecule has 2 aromatic carbocycles. The molecule has 0 N–H and O–H groups in total. The van der Waals surface area contributed by atoms with Crippen molar-refractivity contribution < 1.29 is 23.9 Å². The van der Waals surface area contributed by atoms with Crippen molar-refractivity contribution in [3.05, 3.63) is 58.6 Å². The fourth-order valence-electron chi connectivity index (χ4n) is 1.60. The Morgan fingerprint density at radius 2 is 1.48 bits per heavy atom. The zero-order chi connectivity index (χ0) is 15.2. The highest BCUT2D eigenvalue weighted by atomic mass is 16.7. The number of methoxy groups -OCH3 is 1. The Morgan fingerprint density at radius 3 is 2.10 bits per heavy atom. The summed E-state index contributed by atoms with van der Waals surface area (Å²) in [6.07, 6.45) is -1.09. The molecule has 0 spiro atoms. The van der Waals surface area contributed by atoms with E-state index >= 15 is 0 Å². The molecule has 0 bridgehead atoms. The molecule has 0 heterocycles. The van der Waals surface area contributed by atoms with Crippen LogP contribution >= 0.6 is 0 Å². The van der Waals surface area contributed by atoms with Gasteiger partial charge < -0.3 is 14.2 Å². The molecule has 7 nitrogen and oxygen atoms in total. The van der Waals surface area contributed by atoms with Crippen molar-refractivity contribution >= 4 is 11.8 Å². The van der Waals surface area contributed by atoms with Crippen LogP contribution in [0.3, 0.4) is 0 Å². The number of hydrogen-bond acceptors (Lipinski definition) is 6. The summed E-state index contributed by atoms with van der Waals surface area (Å²) in [4.78, 5) is 21.9. The molecule has 2 rings (SSSR count). The zero-order valence-electron chi connectivity index (χ0n) is 11.0. The molecule has 0 saturated carbocycles. The second-order valence-corrected chi connectivity index (χ2v) is 3.83. The van der Waals surface area contributed by atoms with Crippen LogP contribution in [0.5, 0.6) is 17.2 Å². The van der Waals surface area contributed by atoms with Crippen LogP contribution in [0.4, 0.5) is 10.5 Å². The quantitative estimate of drug-likeness (QED) is 0.372. The summed E-state index contributed by atoms with van der Waals surface area (Å²) in [5.74, 6) is 0.308. The lowest BCUT2D eigenvalue weighted by Gasteiger charge is -2.08. The first-order valence-electron chi connectivity index (χ1n) is 5.88. The fraction of sp³-hybridized carbons (Fsp3) is 0.0714. The minimum Gasteiger partial charge on any atom is -0.493 e. The number of nitrogens with zero attached hydrogens (tertiary/aromatic N) is 1. The first kappa shape index (κ1) is 14.3. The average Bonchev–Trinajstić information content (AvgIpc) is 2.48. The van der Waals surface area contributed by atoms with Gasteiger partial charge in [-0.3, -0.25) is 10.1 Å². The van der Waals surface area contributed by atoms with Crippen LogP contribution in [0.2, 0.25) is 0 Å². The second kappa shape index (κ2) is 6.38. The van der Waals surface area contributed by atoms with Crippen LogP contribution in [-0.2, 0) is 0 Å². The lowest BCUT2D eigenvalue weighted by atomic mass is 10.3. The average molecular weight is 289 g/mol. The number of hydrogen-bond donors (Lipinski definition) is 0. The fourth-order valence-corrected chi connectivity index (χ4v) is 1.60. The molecule has 21 heavy (non-hydrogen) atoms. The number of nitro benzene ring substituents is 1. The van der Waals surface area contributed by atoms with E-state index in [4.69, 9.17) is 14.2 Å². The molecule has 0 aliphatic rings. The van der Waals surface area contributed by atoms with E-state index in [1.54, 1.807) is 18.2 Å². The van der Waals surface area contributed by atoms with Crippen LogP contribution < -0.4 is 14.2 Å². The van der Waals surface area contributed by atoms with Crippen LogP contribution in [0.1, 0.15) is 0 Å². The van der Waals surface area contributed by atoms with Gasteiger partial charge in [0.05, 0.1) is 12.0 Å². The number of benzene rings is 2. The van der Waals surface area contributed by atoms with Crippen LogP contribution in [0.15, 0.2) is 48.5 Å². The van der Waals surface area contributed by atoms with Gasteiger partial charge in [0.1, 0.15) is 0 Å². The van der Waals surface area contributed by atoms with Gasteiger partial charge in [-0.25, -0.2) is 4.79 Å². The number of nitro groups is 1. The molecular formula is C14H11NO6. The normalized spacial score (nSPS) is 9.76. The Kier molecular flexibility index (Phi) is 4.35. The molecule has 108 valence electrons. The van der Waals surface area contributed by atoms with E-state index in [-0.39, 0.29) is 17.2 Å². The highest BCUT2D eigenvalue weighted by molar-refractivity contribution is 5.70. The summed E-state index contributed by atoms with van der Waals surface area (Å²) >= 11 is 0. The molecule has 0 aliphatic heterocycles. The van der Waals surface area contributed by atoms with E-state index in [2.05, 4.69) is 0 Å². The van der Waals surface area contributed by atoms with E-state index in [9.17, 15) is 14.9 Å². The Labute approximate surface area is 119 Å². The summed E-state index contributed by atoms with van der Waals surface area (Å²) in [5.41, 5.74) is -0.325. The lowest BCUT2D eigenvalue weighted by molar-refractivity contribution is -0.385. The monoisotopic (exact) mass is 289 g/mol. The van der Waals surface area contributed by atoms with Crippen LogP contribution in [0.25, 0.3) is 0 Å². The first-order valence-corrected chi connectivity index (χ1v) is 5.88. The van der Waals surface area contributed by atoms with Crippen molar-refractivity contribution in [1.29, 1.82) is 0 Å². The summed E-state index contributed by atoms with van der Waals surface area (Å²) in [5, 5.41) is 10.8. The van der Waals surface area contributed by atoms with E-state index in [0.717, 1.165) is 0 Å². The molecule has 0 atom stereocenters. The Hall–Kier alpha value is -3.09. The molecule has 0 amide bonds.